The number of ketones is 1. The Morgan fingerprint density at radius 3 is 2.36 bits per heavy atom. The van der Waals surface area contributed by atoms with Gasteiger partial charge >= 0.3 is 5.69 Å². The van der Waals surface area contributed by atoms with Crippen LogP contribution in [0.1, 0.15) is 40.8 Å². The van der Waals surface area contributed by atoms with Crippen molar-refractivity contribution in [2.24, 2.45) is 0 Å². The van der Waals surface area contributed by atoms with Gasteiger partial charge in [-0.2, -0.15) is 0 Å². The zero-order chi connectivity index (χ0) is 19.7. The molecule has 0 radical (unpaired) electrons. The second kappa shape index (κ2) is 7.23. The van der Waals surface area contributed by atoms with Crippen LogP contribution in [-0.2, 0) is 4.79 Å². The molecule has 0 fully saturated rings. The average Bonchev–Trinajstić information content (AvgIpc) is 3.10. The Morgan fingerprint density at radius 2 is 1.71 bits per heavy atom. The third kappa shape index (κ3) is 3.13. The molecule has 0 unspecified atom stereocenters. The van der Waals surface area contributed by atoms with Gasteiger partial charge in [0.25, 0.3) is 0 Å². The van der Waals surface area contributed by atoms with Crippen LogP contribution in [-0.4, -0.2) is 15.9 Å². The monoisotopic (exact) mass is 374 g/mol. The molecule has 4 rings (SSSR count). The molecule has 0 bridgehead atoms. The molecule has 0 amide bonds. The highest BCUT2D eigenvalue weighted by atomic mass is 16.6. The van der Waals surface area contributed by atoms with Gasteiger partial charge in [-0.3, -0.25) is 14.9 Å². The Morgan fingerprint density at radius 1 is 1.07 bits per heavy atom. The van der Waals surface area contributed by atoms with E-state index in [4.69, 9.17) is 4.52 Å². The number of nitrogens with zero attached hydrogens (tertiary/aromatic N) is 2. The first-order valence-corrected chi connectivity index (χ1v) is 9.01. The maximum Gasteiger partial charge on any atom is 0.335 e. The number of aromatic nitrogens is 1. The van der Waals surface area contributed by atoms with Crippen LogP contribution in [0.5, 0.6) is 0 Å². The molecule has 2 atom stereocenters. The van der Waals surface area contributed by atoms with Crippen LogP contribution in [0.15, 0.2) is 71.3 Å². The largest absolute Gasteiger partial charge is 0.353 e. The maximum absolute atomic E-state index is 13.2. The first kappa shape index (κ1) is 17.9. The summed E-state index contributed by atoms with van der Waals surface area (Å²) < 4.78 is 5.32. The van der Waals surface area contributed by atoms with Gasteiger partial charge in [0, 0.05) is 5.92 Å². The van der Waals surface area contributed by atoms with Crippen molar-refractivity contribution < 1.29 is 14.2 Å². The molecule has 1 aromatic heterocycles. The summed E-state index contributed by atoms with van der Waals surface area (Å²) in [6.07, 6.45) is 2.16. The van der Waals surface area contributed by atoms with Crippen LogP contribution < -0.4 is 0 Å². The normalized spacial score (nSPS) is 19.3. The maximum atomic E-state index is 13.2. The lowest BCUT2D eigenvalue weighted by Crippen LogP contribution is -2.24. The molecular formula is C22H18N2O4. The molecule has 28 heavy (non-hydrogen) atoms. The van der Waals surface area contributed by atoms with Crippen LogP contribution in [0.4, 0.5) is 5.69 Å². The van der Waals surface area contributed by atoms with Crippen molar-refractivity contribution in [2.45, 2.75) is 25.2 Å². The molecule has 6 heteroatoms. The fraction of sp³-hybridized carbons (Fsp3) is 0.182. The molecular weight excluding hydrogens is 356 g/mol. The van der Waals surface area contributed by atoms with Crippen molar-refractivity contribution in [2.75, 3.05) is 0 Å². The summed E-state index contributed by atoms with van der Waals surface area (Å²) in [7, 11) is 0. The molecule has 1 aliphatic rings. The van der Waals surface area contributed by atoms with Gasteiger partial charge in [-0.15, -0.1) is 0 Å². The van der Waals surface area contributed by atoms with Crippen LogP contribution in [0.25, 0.3) is 5.57 Å². The molecule has 1 aliphatic carbocycles. The zero-order valence-electron chi connectivity index (χ0n) is 15.2. The summed E-state index contributed by atoms with van der Waals surface area (Å²) in [5.41, 5.74) is 2.78. The van der Waals surface area contributed by atoms with E-state index in [1.54, 1.807) is 6.08 Å². The highest BCUT2D eigenvalue weighted by Gasteiger charge is 2.42. The third-order valence-corrected chi connectivity index (χ3v) is 5.16. The number of carbonyl (C=O) groups is 1. The van der Waals surface area contributed by atoms with Gasteiger partial charge < -0.3 is 4.52 Å². The Balaban J connectivity index is 1.85. The van der Waals surface area contributed by atoms with Gasteiger partial charge in [0.15, 0.2) is 11.5 Å². The topological polar surface area (TPSA) is 86.2 Å². The second-order valence-corrected chi connectivity index (χ2v) is 6.87. The van der Waals surface area contributed by atoms with E-state index in [9.17, 15) is 14.9 Å². The van der Waals surface area contributed by atoms with E-state index in [0.717, 1.165) is 16.7 Å². The lowest BCUT2D eigenvalue weighted by Gasteiger charge is -2.29. The van der Waals surface area contributed by atoms with E-state index in [1.807, 2.05) is 60.7 Å². The highest BCUT2D eigenvalue weighted by molar-refractivity contribution is 6.04. The molecule has 0 spiro atoms. The minimum absolute atomic E-state index is 0.0321. The van der Waals surface area contributed by atoms with Crippen LogP contribution in [0.3, 0.4) is 0 Å². The lowest BCUT2D eigenvalue weighted by molar-refractivity contribution is -0.386. The summed E-state index contributed by atoms with van der Waals surface area (Å²) >= 11 is 0. The van der Waals surface area contributed by atoms with Crippen molar-refractivity contribution in [3.05, 3.63) is 99.4 Å². The Hall–Kier alpha value is -3.54. The summed E-state index contributed by atoms with van der Waals surface area (Å²) in [5.74, 6) is -1.24. The van der Waals surface area contributed by atoms with Gasteiger partial charge in [0.2, 0.25) is 5.76 Å². The minimum Gasteiger partial charge on any atom is -0.353 e. The van der Waals surface area contributed by atoms with Crippen molar-refractivity contribution >= 4 is 17.0 Å². The van der Waals surface area contributed by atoms with Crippen LogP contribution >= 0.6 is 0 Å². The standard InChI is InChI=1S/C22H18N2O4/c1-14-21(24(26)27)22(28-23-14)20-18(16-10-6-3-7-11-16)12-17(13-19(20)25)15-8-4-2-5-9-15/h2-11,13,18,20H,12H2,1H3/t18-,20-/m0/s1. The van der Waals surface area contributed by atoms with Crippen LogP contribution in [0.2, 0.25) is 0 Å². The van der Waals surface area contributed by atoms with Gasteiger partial charge in [-0.1, -0.05) is 65.8 Å². The SMILES string of the molecule is Cc1noc([C@@H]2C(=O)C=C(c3ccccc3)C[C@H]2c2ccccc2)c1[N+](=O)[O-]. The number of allylic oxidation sites excluding steroid dienone is 2. The summed E-state index contributed by atoms with van der Waals surface area (Å²) in [6.45, 7) is 1.52. The fourth-order valence-electron chi connectivity index (χ4n) is 3.86. The van der Waals surface area contributed by atoms with Crippen molar-refractivity contribution in [1.82, 2.24) is 5.16 Å². The number of nitro groups is 1. The molecule has 6 nitrogen and oxygen atoms in total. The number of aryl methyl sites for hydroxylation is 1. The predicted molar refractivity (Wildman–Crippen MR) is 104 cm³/mol. The minimum atomic E-state index is -0.781. The van der Waals surface area contributed by atoms with Crippen molar-refractivity contribution in [3.63, 3.8) is 0 Å². The van der Waals surface area contributed by atoms with Gasteiger partial charge in [0.1, 0.15) is 0 Å². The molecule has 0 aliphatic heterocycles. The van der Waals surface area contributed by atoms with Crippen LogP contribution in [0, 0.1) is 17.0 Å². The average molecular weight is 374 g/mol. The first-order valence-electron chi connectivity index (χ1n) is 9.01. The van der Waals surface area contributed by atoms with E-state index in [1.165, 1.54) is 6.92 Å². The van der Waals surface area contributed by atoms with E-state index in [-0.39, 0.29) is 28.8 Å². The Labute approximate surface area is 161 Å². The van der Waals surface area contributed by atoms with Gasteiger partial charge in [0.05, 0.1) is 10.8 Å². The van der Waals surface area contributed by atoms with Crippen molar-refractivity contribution in [3.8, 4) is 0 Å². The number of carbonyl (C=O) groups excluding carboxylic acids is 1. The lowest BCUT2D eigenvalue weighted by atomic mass is 9.72. The Bertz CT molecular complexity index is 1050. The molecule has 0 saturated carbocycles. The molecule has 2 aromatic carbocycles. The van der Waals surface area contributed by atoms with Gasteiger partial charge in [-0.05, 0) is 36.1 Å². The molecule has 1 heterocycles. The summed E-state index contributed by atoms with van der Waals surface area (Å²) in [6, 6.07) is 19.3. The summed E-state index contributed by atoms with van der Waals surface area (Å²) in [4.78, 5) is 24.2. The fourth-order valence-corrected chi connectivity index (χ4v) is 3.86. The number of benzene rings is 2. The van der Waals surface area contributed by atoms with E-state index >= 15 is 0 Å². The van der Waals surface area contributed by atoms with E-state index < -0.39 is 10.8 Å². The quantitative estimate of drug-likeness (QED) is 0.483. The van der Waals surface area contributed by atoms with Gasteiger partial charge in [-0.25, -0.2) is 0 Å². The number of hydrogen-bond acceptors (Lipinski definition) is 5. The molecule has 140 valence electrons. The number of rotatable bonds is 4. The van der Waals surface area contributed by atoms with E-state index in [0.29, 0.717) is 6.42 Å². The second-order valence-electron chi connectivity index (χ2n) is 6.87. The van der Waals surface area contributed by atoms with Crippen molar-refractivity contribution in [1.29, 1.82) is 0 Å². The summed E-state index contributed by atoms with van der Waals surface area (Å²) in [5, 5.41) is 15.3. The Kier molecular flexibility index (Phi) is 4.61. The smallest absolute Gasteiger partial charge is 0.335 e. The highest BCUT2D eigenvalue weighted by Crippen LogP contribution is 2.47. The van der Waals surface area contributed by atoms with E-state index in [2.05, 4.69) is 5.16 Å². The molecule has 0 N–H and O–H groups in total. The molecule has 0 saturated heterocycles. The zero-order valence-corrected chi connectivity index (χ0v) is 15.2. The first-order chi connectivity index (χ1) is 13.6. The molecule has 3 aromatic rings. The number of hydrogen-bond donors (Lipinski definition) is 0. The predicted octanol–water partition coefficient (Wildman–Crippen LogP) is 4.82. The third-order valence-electron chi connectivity index (χ3n) is 5.16.